The quantitative estimate of drug-likeness (QED) is 0.565. The first kappa shape index (κ1) is 8.50. The molecule has 11 heavy (non-hydrogen) atoms. The van der Waals surface area contributed by atoms with Crippen LogP contribution in [0.2, 0.25) is 0 Å². The van der Waals surface area contributed by atoms with E-state index in [2.05, 4.69) is 0 Å². The maximum atomic E-state index is 12.6. The lowest BCUT2D eigenvalue weighted by Crippen LogP contribution is -2.38. The van der Waals surface area contributed by atoms with E-state index >= 15 is 0 Å². The topological polar surface area (TPSA) is 20.3 Å². The van der Waals surface area contributed by atoms with Gasteiger partial charge in [0.05, 0.1) is 0 Å². The van der Waals surface area contributed by atoms with Crippen molar-refractivity contribution in [1.82, 2.24) is 4.90 Å². The number of likely N-dealkylation sites (tertiary alicyclic amines) is 1. The molecule has 64 valence electrons. The van der Waals surface area contributed by atoms with Crippen LogP contribution < -0.4 is 0 Å². The lowest BCUT2D eigenvalue weighted by atomic mass is 10.1. The average molecular weight is 159 g/mol. The number of carbonyl (C=O) groups is 1. The summed E-state index contributed by atoms with van der Waals surface area (Å²) >= 11 is 0. The molecule has 1 aliphatic heterocycles. The summed E-state index contributed by atoms with van der Waals surface area (Å²) in [5.74, 6) is 0.150. The zero-order chi connectivity index (χ0) is 8.27. The fourth-order valence-electron chi connectivity index (χ4n) is 1.32. The molecule has 1 rings (SSSR count). The Morgan fingerprint density at radius 1 is 1.55 bits per heavy atom. The van der Waals surface area contributed by atoms with Gasteiger partial charge in [0.25, 0.3) is 0 Å². The van der Waals surface area contributed by atoms with Crippen molar-refractivity contribution in [3.63, 3.8) is 0 Å². The summed E-state index contributed by atoms with van der Waals surface area (Å²) in [5.41, 5.74) is 0. The molecule has 0 unspecified atom stereocenters. The Labute approximate surface area is 66.4 Å². The van der Waals surface area contributed by atoms with Crippen molar-refractivity contribution in [1.29, 1.82) is 0 Å². The van der Waals surface area contributed by atoms with Crippen LogP contribution in [0.4, 0.5) is 4.39 Å². The van der Waals surface area contributed by atoms with E-state index in [1.54, 1.807) is 4.90 Å². The predicted octanol–water partition coefficient (Wildman–Crippen LogP) is 1.36. The zero-order valence-corrected chi connectivity index (χ0v) is 6.85. The van der Waals surface area contributed by atoms with Gasteiger partial charge in [0, 0.05) is 19.5 Å². The SMILES string of the molecule is CCC(=O)N1CCC(F)CC1. The molecule has 1 aliphatic rings. The number of carbonyl (C=O) groups excluding carboxylic acids is 1. The molecule has 0 spiro atoms. The first-order valence-electron chi connectivity index (χ1n) is 4.16. The number of rotatable bonds is 1. The third-order valence-corrected chi connectivity index (χ3v) is 2.08. The zero-order valence-electron chi connectivity index (χ0n) is 6.85. The van der Waals surface area contributed by atoms with Gasteiger partial charge in [-0.3, -0.25) is 4.79 Å². The summed E-state index contributed by atoms with van der Waals surface area (Å²) < 4.78 is 12.6. The fourth-order valence-corrected chi connectivity index (χ4v) is 1.32. The minimum absolute atomic E-state index is 0.150. The molecular formula is C8H14FNO. The summed E-state index contributed by atoms with van der Waals surface area (Å²) in [4.78, 5) is 12.8. The third kappa shape index (κ3) is 2.17. The van der Waals surface area contributed by atoms with Gasteiger partial charge in [-0.2, -0.15) is 0 Å². The molecule has 1 heterocycles. The summed E-state index contributed by atoms with van der Waals surface area (Å²) in [5, 5.41) is 0. The highest BCUT2D eigenvalue weighted by Crippen LogP contribution is 2.13. The monoisotopic (exact) mass is 159 g/mol. The van der Waals surface area contributed by atoms with E-state index in [9.17, 15) is 9.18 Å². The molecular weight excluding hydrogens is 145 g/mol. The number of hydrogen-bond acceptors (Lipinski definition) is 1. The van der Waals surface area contributed by atoms with Crippen LogP contribution in [0.3, 0.4) is 0 Å². The number of amides is 1. The Balaban J connectivity index is 2.33. The smallest absolute Gasteiger partial charge is 0.222 e. The number of alkyl halides is 1. The Kier molecular flexibility index (Phi) is 2.85. The normalized spacial score (nSPS) is 20.4. The Hall–Kier alpha value is -0.600. The summed E-state index contributed by atoms with van der Waals surface area (Å²) in [6.45, 7) is 3.05. The lowest BCUT2D eigenvalue weighted by Gasteiger charge is -2.28. The Morgan fingerprint density at radius 3 is 2.55 bits per heavy atom. The molecule has 1 amide bonds. The van der Waals surface area contributed by atoms with Crippen molar-refractivity contribution >= 4 is 5.91 Å². The van der Waals surface area contributed by atoms with Gasteiger partial charge in [-0.1, -0.05) is 6.92 Å². The van der Waals surface area contributed by atoms with Gasteiger partial charge in [-0.15, -0.1) is 0 Å². The van der Waals surface area contributed by atoms with Gasteiger partial charge in [-0.05, 0) is 12.8 Å². The second-order valence-electron chi connectivity index (χ2n) is 2.91. The molecule has 2 nitrogen and oxygen atoms in total. The van der Waals surface area contributed by atoms with E-state index < -0.39 is 6.17 Å². The molecule has 0 N–H and O–H groups in total. The molecule has 0 aliphatic carbocycles. The summed E-state index contributed by atoms with van der Waals surface area (Å²) in [6.07, 6.45) is 0.893. The van der Waals surface area contributed by atoms with Crippen LogP contribution >= 0.6 is 0 Å². The van der Waals surface area contributed by atoms with Crippen LogP contribution in [0.1, 0.15) is 26.2 Å². The third-order valence-electron chi connectivity index (χ3n) is 2.08. The van der Waals surface area contributed by atoms with E-state index in [4.69, 9.17) is 0 Å². The second-order valence-corrected chi connectivity index (χ2v) is 2.91. The number of nitrogens with zero attached hydrogens (tertiary/aromatic N) is 1. The van der Waals surface area contributed by atoms with E-state index in [0.717, 1.165) is 0 Å². The van der Waals surface area contributed by atoms with Crippen LogP contribution in [-0.2, 0) is 4.79 Å². The fraction of sp³-hybridized carbons (Fsp3) is 0.875. The number of halogens is 1. The molecule has 0 atom stereocenters. The maximum absolute atomic E-state index is 12.6. The average Bonchev–Trinajstić information content (AvgIpc) is 2.05. The van der Waals surface area contributed by atoms with Gasteiger partial charge in [-0.25, -0.2) is 4.39 Å². The molecule has 0 saturated carbocycles. The predicted molar refractivity (Wildman–Crippen MR) is 41.0 cm³/mol. The van der Waals surface area contributed by atoms with Gasteiger partial charge < -0.3 is 4.90 Å². The minimum Gasteiger partial charge on any atom is -0.342 e. The molecule has 0 aromatic rings. The van der Waals surface area contributed by atoms with E-state index in [-0.39, 0.29) is 5.91 Å². The standard InChI is InChI=1S/C8H14FNO/c1-2-8(11)10-5-3-7(9)4-6-10/h7H,2-6H2,1H3. The van der Waals surface area contributed by atoms with Crippen molar-refractivity contribution in [3.8, 4) is 0 Å². The Morgan fingerprint density at radius 2 is 2.09 bits per heavy atom. The van der Waals surface area contributed by atoms with Crippen LogP contribution in [-0.4, -0.2) is 30.1 Å². The second kappa shape index (κ2) is 3.69. The summed E-state index contributed by atoms with van der Waals surface area (Å²) in [7, 11) is 0. The van der Waals surface area contributed by atoms with E-state index in [1.165, 1.54) is 0 Å². The first-order chi connectivity index (χ1) is 5.24. The van der Waals surface area contributed by atoms with Crippen LogP contribution in [0.25, 0.3) is 0 Å². The molecule has 1 saturated heterocycles. The maximum Gasteiger partial charge on any atom is 0.222 e. The van der Waals surface area contributed by atoms with Crippen LogP contribution in [0, 0.1) is 0 Å². The van der Waals surface area contributed by atoms with Gasteiger partial charge in [0.1, 0.15) is 6.17 Å². The van der Waals surface area contributed by atoms with E-state index in [0.29, 0.717) is 32.4 Å². The highest BCUT2D eigenvalue weighted by Gasteiger charge is 2.20. The minimum atomic E-state index is -0.684. The van der Waals surface area contributed by atoms with Crippen molar-refractivity contribution in [2.75, 3.05) is 13.1 Å². The molecule has 0 radical (unpaired) electrons. The van der Waals surface area contributed by atoms with Crippen LogP contribution in [0.5, 0.6) is 0 Å². The highest BCUT2D eigenvalue weighted by atomic mass is 19.1. The number of piperidine rings is 1. The van der Waals surface area contributed by atoms with Gasteiger partial charge >= 0.3 is 0 Å². The van der Waals surface area contributed by atoms with Crippen molar-refractivity contribution < 1.29 is 9.18 Å². The first-order valence-corrected chi connectivity index (χ1v) is 4.16. The highest BCUT2D eigenvalue weighted by molar-refractivity contribution is 5.75. The van der Waals surface area contributed by atoms with Gasteiger partial charge in [0.15, 0.2) is 0 Å². The molecule has 0 aromatic heterocycles. The Bertz CT molecular complexity index is 141. The van der Waals surface area contributed by atoms with Crippen molar-refractivity contribution in [2.24, 2.45) is 0 Å². The molecule has 1 fully saturated rings. The largest absolute Gasteiger partial charge is 0.342 e. The van der Waals surface area contributed by atoms with E-state index in [1.807, 2.05) is 6.92 Å². The van der Waals surface area contributed by atoms with Crippen molar-refractivity contribution in [3.05, 3.63) is 0 Å². The van der Waals surface area contributed by atoms with Gasteiger partial charge in [0.2, 0.25) is 5.91 Å². The molecule has 0 bridgehead atoms. The summed E-state index contributed by atoms with van der Waals surface area (Å²) in [6, 6.07) is 0. The van der Waals surface area contributed by atoms with Crippen molar-refractivity contribution in [2.45, 2.75) is 32.4 Å². The molecule has 0 aromatic carbocycles. The molecule has 3 heteroatoms. The lowest BCUT2D eigenvalue weighted by molar-refractivity contribution is -0.132. The number of hydrogen-bond donors (Lipinski definition) is 0. The van der Waals surface area contributed by atoms with Crippen LogP contribution in [0.15, 0.2) is 0 Å².